The van der Waals surface area contributed by atoms with Gasteiger partial charge in [0.05, 0.1) is 0 Å². The highest BCUT2D eigenvalue weighted by molar-refractivity contribution is 7.21. The van der Waals surface area contributed by atoms with Crippen LogP contribution in [0, 0.1) is 6.92 Å². The van der Waals surface area contributed by atoms with Gasteiger partial charge >= 0.3 is 5.97 Å². The van der Waals surface area contributed by atoms with E-state index in [9.17, 15) is 9.59 Å². The molecule has 1 aromatic carbocycles. The van der Waals surface area contributed by atoms with Gasteiger partial charge in [0.15, 0.2) is 6.61 Å². The number of benzene rings is 1. The van der Waals surface area contributed by atoms with Crippen molar-refractivity contribution < 1.29 is 14.3 Å². The molecule has 1 amide bonds. The van der Waals surface area contributed by atoms with Gasteiger partial charge in [0.2, 0.25) is 0 Å². The zero-order chi connectivity index (χ0) is 15.4. The number of hydrogen-bond acceptors (Lipinski definition) is 4. The zero-order valence-electron chi connectivity index (χ0n) is 12.4. The lowest BCUT2D eigenvalue weighted by Gasteiger charge is -2.11. The zero-order valence-corrected chi connectivity index (χ0v) is 13.3. The molecule has 1 heterocycles. The van der Waals surface area contributed by atoms with Gasteiger partial charge in [-0.2, -0.15) is 0 Å². The molecule has 1 aromatic heterocycles. The standard InChI is InChI=1S/C16H19NO3S/c1-4-10(2)17-14(18)9-20-16(19)15-11(3)12-7-5-6-8-13(12)21-15/h5-8,10H,4,9H2,1-3H3,(H,17,18)/t10-/m1/s1. The molecule has 4 nitrogen and oxygen atoms in total. The van der Waals surface area contributed by atoms with E-state index in [2.05, 4.69) is 5.32 Å². The van der Waals surface area contributed by atoms with Crippen molar-refractivity contribution in [2.24, 2.45) is 0 Å². The fourth-order valence-corrected chi connectivity index (χ4v) is 3.09. The summed E-state index contributed by atoms with van der Waals surface area (Å²) in [5.41, 5.74) is 0.905. The number of thiophene rings is 1. The first-order valence-electron chi connectivity index (χ1n) is 6.97. The number of nitrogens with one attached hydrogen (secondary N) is 1. The first-order chi connectivity index (χ1) is 10.0. The predicted molar refractivity (Wildman–Crippen MR) is 84.7 cm³/mol. The van der Waals surface area contributed by atoms with E-state index in [1.54, 1.807) is 0 Å². The quantitative estimate of drug-likeness (QED) is 0.862. The van der Waals surface area contributed by atoms with E-state index in [1.165, 1.54) is 11.3 Å². The average molecular weight is 305 g/mol. The monoisotopic (exact) mass is 305 g/mol. The van der Waals surface area contributed by atoms with Gasteiger partial charge in [-0.05, 0) is 37.3 Å². The SMILES string of the molecule is CC[C@@H](C)NC(=O)COC(=O)c1sc2ccccc2c1C. The van der Waals surface area contributed by atoms with E-state index in [1.807, 2.05) is 45.0 Å². The molecule has 0 aliphatic heterocycles. The van der Waals surface area contributed by atoms with Crippen LogP contribution < -0.4 is 5.32 Å². The molecule has 0 radical (unpaired) electrons. The van der Waals surface area contributed by atoms with Gasteiger partial charge in [0.1, 0.15) is 4.88 Å². The number of carbonyl (C=O) groups is 2. The number of amides is 1. The molecule has 0 bridgehead atoms. The highest BCUT2D eigenvalue weighted by Gasteiger charge is 2.17. The molecule has 0 spiro atoms. The maximum atomic E-state index is 12.1. The van der Waals surface area contributed by atoms with Crippen molar-refractivity contribution in [1.29, 1.82) is 0 Å². The second-order valence-corrected chi connectivity index (χ2v) is 6.06. The Kier molecular flexibility index (Phi) is 4.96. The maximum absolute atomic E-state index is 12.1. The summed E-state index contributed by atoms with van der Waals surface area (Å²) in [6.07, 6.45) is 0.842. The molecule has 2 rings (SSSR count). The molecular formula is C16H19NO3S. The van der Waals surface area contributed by atoms with Gasteiger partial charge in [0.25, 0.3) is 5.91 Å². The van der Waals surface area contributed by atoms with Crippen molar-refractivity contribution >= 4 is 33.3 Å². The summed E-state index contributed by atoms with van der Waals surface area (Å²) in [6.45, 7) is 5.55. The second-order valence-electron chi connectivity index (χ2n) is 5.01. The van der Waals surface area contributed by atoms with Crippen LogP contribution in [-0.2, 0) is 9.53 Å². The maximum Gasteiger partial charge on any atom is 0.349 e. The minimum absolute atomic E-state index is 0.0854. The minimum atomic E-state index is -0.437. The highest BCUT2D eigenvalue weighted by Crippen LogP contribution is 2.30. The summed E-state index contributed by atoms with van der Waals surface area (Å²) in [6, 6.07) is 7.92. The number of ether oxygens (including phenoxy) is 1. The molecule has 0 fully saturated rings. The van der Waals surface area contributed by atoms with Crippen LogP contribution in [0.3, 0.4) is 0 Å². The molecule has 0 saturated heterocycles. The van der Waals surface area contributed by atoms with E-state index in [0.29, 0.717) is 4.88 Å². The topological polar surface area (TPSA) is 55.4 Å². The Balaban J connectivity index is 2.02. The summed E-state index contributed by atoms with van der Waals surface area (Å²) in [4.78, 5) is 24.3. The summed E-state index contributed by atoms with van der Waals surface area (Å²) in [5.74, 6) is -0.704. The van der Waals surface area contributed by atoms with E-state index in [0.717, 1.165) is 22.1 Å². The third kappa shape index (κ3) is 3.61. The fourth-order valence-electron chi connectivity index (χ4n) is 1.98. The molecule has 5 heteroatoms. The predicted octanol–water partition coefficient (Wildman–Crippen LogP) is 3.28. The normalized spacial score (nSPS) is 12.1. The number of esters is 1. The van der Waals surface area contributed by atoms with Crippen LogP contribution in [0.25, 0.3) is 10.1 Å². The van der Waals surface area contributed by atoms with Gasteiger partial charge in [-0.1, -0.05) is 25.1 Å². The third-order valence-electron chi connectivity index (χ3n) is 3.38. The van der Waals surface area contributed by atoms with Crippen molar-refractivity contribution in [3.63, 3.8) is 0 Å². The van der Waals surface area contributed by atoms with Crippen LogP contribution in [0.1, 0.15) is 35.5 Å². The number of hydrogen-bond donors (Lipinski definition) is 1. The molecule has 1 atom stereocenters. The Morgan fingerprint density at radius 1 is 1.33 bits per heavy atom. The molecule has 0 unspecified atom stereocenters. The summed E-state index contributed by atoms with van der Waals surface area (Å²) >= 11 is 1.40. The van der Waals surface area contributed by atoms with Gasteiger partial charge in [-0.15, -0.1) is 11.3 Å². The Morgan fingerprint density at radius 3 is 2.71 bits per heavy atom. The van der Waals surface area contributed by atoms with Gasteiger partial charge in [-0.25, -0.2) is 4.79 Å². The van der Waals surface area contributed by atoms with E-state index < -0.39 is 5.97 Å². The molecule has 0 aliphatic carbocycles. The Morgan fingerprint density at radius 2 is 2.05 bits per heavy atom. The number of rotatable bonds is 5. The molecule has 21 heavy (non-hydrogen) atoms. The molecular weight excluding hydrogens is 286 g/mol. The van der Waals surface area contributed by atoms with Crippen molar-refractivity contribution in [2.45, 2.75) is 33.2 Å². The van der Waals surface area contributed by atoms with E-state index >= 15 is 0 Å². The molecule has 1 N–H and O–H groups in total. The summed E-state index contributed by atoms with van der Waals surface area (Å²) in [5, 5.41) is 3.82. The number of fused-ring (bicyclic) bond motifs is 1. The number of carbonyl (C=O) groups excluding carboxylic acids is 2. The van der Waals surface area contributed by atoms with Crippen molar-refractivity contribution in [1.82, 2.24) is 5.32 Å². The van der Waals surface area contributed by atoms with Crippen molar-refractivity contribution in [3.8, 4) is 0 Å². The lowest BCUT2D eigenvalue weighted by molar-refractivity contribution is -0.124. The fraction of sp³-hybridized carbons (Fsp3) is 0.375. The smallest absolute Gasteiger partial charge is 0.349 e. The van der Waals surface area contributed by atoms with Gasteiger partial charge in [0, 0.05) is 10.7 Å². The van der Waals surface area contributed by atoms with Crippen LogP contribution >= 0.6 is 11.3 Å². The lowest BCUT2D eigenvalue weighted by atomic mass is 10.1. The Labute approximate surface area is 128 Å². The van der Waals surface area contributed by atoms with Crippen LogP contribution in [0.15, 0.2) is 24.3 Å². The first-order valence-corrected chi connectivity index (χ1v) is 7.79. The number of aryl methyl sites for hydroxylation is 1. The van der Waals surface area contributed by atoms with Gasteiger partial charge in [-0.3, -0.25) is 4.79 Å². The second kappa shape index (κ2) is 6.72. The van der Waals surface area contributed by atoms with E-state index in [4.69, 9.17) is 4.74 Å². The molecule has 0 saturated carbocycles. The molecule has 112 valence electrons. The average Bonchev–Trinajstić information content (AvgIpc) is 2.82. The third-order valence-corrected chi connectivity index (χ3v) is 4.64. The van der Waals surface area contributed by atoms with Crippen LogP contribution in [0.5, 0.6) is 0 Å². The highest BCUT2D eigenvalue weighted by atomic mass is 32.1. The Bertz CT molecular complexity index is 663. The van der Waals surface area contributed by atoms with Crippen molar-refractivity contribution in [2.75, 3.05) is 6.61 Å². The van der Waals surface area contributed by atoms with Crippen molar-refractivity contribution in [3.05, 3.63) is 34.7 Å². The Hall–Kier alpha value is -1.88. The first kappa shape index (κ1) is 15.5. The van der Waals surface area contributed by atoms with E-state index in [-0.39, 0.29) is 18.6 Å². The summed E-state index contributed by atoms with van der Waals surface area (Å²) in [7, 11) is 0. The lowest BCUT2D eigenvalue weighted by Crippen LogP contribution is -2.35. The largest absolute Gasteiger partial charge is 0.451 e. The van der Waals surface area contributed by atoms with Crippen LogP contribution in [0.4, 0.5) is 0 Å². The molecule has 0 aliphatic rings. The van der Waals surface area contributed by atoms with Crippen LogP contribution in [0.2, 0.25) is 0 Å². The van der Waals surface area contributed by atoms with Crippen LogP contribution in [-0.4, -0.2) is 24.5 Å². The minimum Gasteiger partial charge on any atom is -0.451 e. The molecule has 2 aromatic rings. The summed E-state index contributed by atoms with van der Waals surface area (Å²) < 4.78 is 6.15. The van der Waals surface area contributed by atoms with Gasteiger partial charge < -0.3 is 10.1 Å².